The SMILES string of the molecule is CC(OC(N)=O)c1oc(-c2ccc(OC(F)F)c(OCc3ccccc3)c2)nc1C(=O)NC(C#N)c1ccc(F)cc1F. The minimum atomic E-state index is -3.15. The van der Waals surface area contributed by atoms with Crippen LogP contribution in [-0.2, 0) is 11.3 Å². The summed E-state index contributed by atoms with van der Waals surface area (Å²) >= 11 is 0. The van der Waals surface area contributed by atoms with Crippen molar-refractivity contribution in [2.75, 3.05) is 0 Å². The second-order valence-corrected chi connectivity index (χ2v) is 8.83. The number of nitrogens with one attached hydrogen (secondary N) is 1. The maximum Gasteiger partial charge on any atom is 0.405 e. The van der Waals surface area contributed by atoms with Gasteiger partial charge in [-0.05, 0) is 36.8 Å². The van der Waals surface area contributed by atoms with E-state index < -0.39 is 48.1 Å². The van der Waals surface area contributed by atoms with Crippen LogP contribution in [0, 0.1) is 23.0 Å². The molecule has 43 heavy (non-hydrogen) atoms. The number of primary amides is 1. The number of alkyl halides is 2. The molecule has 0 aliphatic heterocycles. The molecular weight excluding hydrogens is 576 g/mol. The molecule has 3 N–H and O–H groups in total. The van der Waals surface area contributed by atoms with E-state index >= 15 is 0 Å². The van der Waals surface area contributed by atoms with E-state index in [0.29, 0.717) is 6.07 Å². The minimum absolute atomic E-state index is 0.00659. The van der Waals surface area contributed by atoms with Crippen LogP contribution in [0.15, 0.2) is 71.1 Å². The molecule has 3 aromatic carbocycles. The zero-order valence-electron chi connectivity index (χ0n) is 22.2. The molecule has 0 aliphatic carbocycles. The monoisotopic (exact) mass is 598 g/mol. The van der Waals surface area contributed by atoms with Crippen molar-refractivity contribution in [1.29, 1.82) is 5.26 Å². The van der Waals surface area contributed by atoms with E-state index in [1.54, 1.807) is 36.4 Å². The van der Waals surface area contributed by atoms with Crippen LogP contribution in [0.1, 0.15) is 46.4 Å². The summed E-state index contributed by atoms with van der Waals surface area (Å²) in [6, 6.07) is 15.2. The van der Waals surface area contributed by atoms with Gasteiger partial charge < -0.3 is 29.7 Å². The van der Waals surface area contributed by atoms with Crippen molar-refractivity contribution in [3.8, 4) is 29.0 Å². The van der Waals surface area contributed by atoms with Gasteiger partial charge in [0.1, 0.15) is 24.3 Å². The van der Waals surface area contributed by atoms with Crippen molar-refractivity contribution in [3.63, 3.8) is 0 Å². The Labute approximate surface area is 241 Å². The first kappa shape index (κ1) is 30.4. The molecule has 1 aromatic heterocycles. The number of benzene rings is 3. The lowest BCUT2D eigenvalue weighted by Gasteiger charge is -2.13. The van der Waals surface area contributed by atoms with E-state index in [2.05, 4.69) is 15.0 Å². The predicted octanol–water partition coefficient (Wildman–Crippen LogP) is 5.95. The quantitative estimate of drug-likeness (QED) is 0.201. The van der Waals surface area contributed by atoms with Crippen LogP contribution in [-0.4, -0.2) is 23.6 Å². The first-order valence-electron chi connectivity index (χ1n) is 12.4. The molecule has 0 aliphatic rings. The first-order chi connectivity index (χ1) is 20.5. The number of nitrogens with two attached hydrogens (primary N) is 1. The minimum Gasteiger partial charge on any atom is -0.485 e. The Morgan fingerprint density at radius 1 is 1.07 bits per heavy atom. The lowest BCUT2D eigenvalue weighted by Crippen LogP contribution is -2.30. The molecule has 2 amide bonds. The summed E-state index contributed by atoms with van der Waals surface area (Å²) in [5, 5.41) is 11.8. The van der Waals surface area contributed by atoms with Gasteiger partial charge in [-0.2, -0.15) is 14.0 Å². The van der Waals surface area contributed by atoms with Crippen molar-refractivity contribution in [2.45, 2.75) is 32.3 Å². The molecule has 1 heterocycles. The van der Waals surface area contributed by atoms with Crippen molar-refractivity contribution in [3.05, 3.63) is 101 Å². The van der Waals surface area contributed by atoms with Gasteiger partial charge in [-0.1, -0.05) is 36.4 Å². The van der Waals surface area contributed by atoms with Crippen molar-refractivity contribution in [2.24, 2.45) is 5.73 Å². The summed E-state index contributed by atoms with van der Waals surface area (Å²) in [5.41, 5.74) is 5.19. The number of aromatic nitrogens is 1. The Morgan fingerprint density at radius 2 is 1.81 bits per heavy atom. The van der Waals surface area contributed by atoms with Gasteiger partial charge in [-0.25, -0.2) is 18.6 Å². The van der Waals surface area contributed by atoms with E-state index in [-0.39, 0.29) is 40.9 Å². The average Bonchev–Trinajstić information content (AvgIpc) is 3.42. The summed E-state index contributed by atoms with van der Waals surface area (Å²) in [4.78, 5) is 28.8. The van der Waals surface area contributed by atoms with Crippen molar-refractivity contribution < 1.29 is 45.8 Å². The summed E-state index contributed by atoms with van der Waals surface area (Å²) < 4.78 is 74.7. The highest BCUT2D eigenvalue weighted by molar-refractivity contribution is 5.94. The average molecular weight is 599 g/mol. The fourth-order valence-electron chi connectivity index (χ4n) is 3.92. The van der Waals surface area contributed by atoms with Crippen LogP contribution in [0.5, 0.6) is 11.5 Å². The molecular formula is C29H22F4N4O6. The van der Waals surface area contributed by atoms with Crippen LogP contribution >= 0.6 is 0 Å². The first-order valence-corrected chi connectivity index (χ1v) is 12.4. The van der Waals surface area contributed by atoms with E-state index in [4.69, 9.17) is 19.6 Å². The van der Waals surface area contributed by atoms with E-state index in [1.807, 2.05) is 0 Å². The lowest BCUT2D eigenvalue weighted by molar-refractivity contribution is -0.0515. The molecule has 14 heteroatoms. The molecule has 0 saturated heterocycles. The number of amides is 2. The van der Waals surface area contributed by atoms with Gasteiger partial charge in [-0.15, -0.1) is 0 Å². The number of nitrogens with zero attached hydrogens (tertiary/aromatic N) is 2. The maximum absolute atomic E-state index is 14.3. The lowest BCUT2D eigenvalue weighted by atomic mass is 10.1. The smallest absolute Gasteiger partial charge is 0.405 e. The van der Waals surface area contributed by atoms with Gasteiger partial charge >= 0.3 is 12.7 Å². The topological polar surface area (TPSA) is 150 Å². The molecule has 0 saturated carbocycles. The third-order valence-corrected chi connectivity index (χ3v) is 5.85. The van der Waals surface area contributed by atoms with Gasteiger partial charge in [0.2, 0.25) is 5.89 Å². The fourth-order valence-corrected chi connectivity index (χ4v) is 3.92. The third-order valence-electron chi connectivity index (χ3n) is 5.85. The Morgan fingerprint density at radius 3 is 2.47 bits per heavy atom. The number of rotatable bonds is 11. The Hall–Kier alpha value is -5.58. The van der Waals surface area contributed by atoms with Crippen LogP contribution in [0.25, 0.3) is 11.5 Å². The van der Waals surface area contributed by atoms with Gasteiger partial charge in [0.25, 0.3) is 5.91 Å². The van der Waals surface area contributed by atoms with Crippen molar-refractivity contribution >= 4 is 12.0 Å². The number of ether oxygens (including phenoxy) is 3. The number of halogens is 4. The number of oxazole rings is 1. The highest BCUT2D eigenvalue weighted by Gasteiger charge is 2.30. The van der Waals surface area contributed by atoms with Gasteiger partial charge in [-0.3, -0.25) is 4.79 Å². The molecule has 0 bridgehead atoms. The summed E-state index contributed by atoms with van der Waals surface area (Å²) in [6.45, 7) is -1.84. The molecule has 2 atom stereocenters. The normalized spacial score (nSPS) is 12.2. The molecule has 222 valence electrons. The van der Waals surface area contributed by atoms with Gasteiger partial charge in [0.05, 0.1) is 6.07 Å². The van der Waals surface area contributed by atoms with Crippen LogP contribution in [0.3, 0.4) is 0 Å². The van der Waals surface area contributed by atoms with Crippen LogP contribution in [0.2, 0.25) is 0 Å². The maximum atomic E-state index is 14.3. The summed E-state index contributed by atoms with van der Waals surface area (Å²) in [6.07, 6.45) is -2.47. The molecule has 0 fully saturated rings. The van der Waals surface area contributed by atoms with Crippen LogP contribution in [0.4, 0.5) is 22.4 Å². The van der Waals surface area contributed by atoms with Crippen molar-refractivity contribution in [1.82, 2.24) is 10.3 Å². The van der Waals surface area contributed by atoms with E-state index in [0.717, 1.165) is 17.7 Å². The van der Waals surface area contributed by atoms with Crippen LogP contribution < -0.4 is 20.5 Å². The Balaban J connectivity index is 1.70. The van der Waals surface area contributed by atoms with Gasteiger partial charge in [0.15, 0.2) is 29.1 Å². The largest absolute Gasteiger partial charge is 0.485 e. The number of hydrogen-bond acceptors (Lipinski definition) is 8. The molecule has 4 aromatic rings. The zero-order chi connectivity index (χ0) is 31.1. The second kappa shape index (κ2) is 13.4. The van der Waals surface area contributed by atoms with E-state index in [1.165, 1.54) is 25.1 Å². The number of carbonyl (C=O) groups excluding carboxylic acids is 2. The molecule has 0 radical (unpaired) electrons. The summed E-state index contributed by atoms with van der Waals surface area (Å²) in [7, 11) is 0. The second-order valence-electron chi connectivity index (χ2n) is 8.83. The zero-order valence-corrected chi connectivity index (χ0v) is 22.2. The summed E-state index contributed by atoms with van der Waals surface area (Å²) in [5.74, 6) is -3.95. The highest BCUT2D eigenvalue weighted by Crippen LogP contribution is 2.36. The predicted molar refractivity (Wildman–Crippen MR) is 141 cm³/mol. The fraction of sp³-hybridized carbons (Fsp3) is 0.172. The molecule has 2 unspecified atom stereocenters. The molecule has 4 rings (SSSR count). The third kappa shape index (κ3) is 7.59. The number of nitriles is 1. The number of hydrogen-bond donors (Lipinski definition) is 2. The molecule has 10 nitrogen and oxygen atoms in total. The van der Waals surface area contributed by atoms with Gasteiger partial charge in [0, 0.05) is 17.2 Å². The van der Waals surface area contributed by atoms with E-state index in [9.17, 15) is 32.4 Å². The Bertz CT molecular complexity index is 1660. The Kier molecular flexibility index (Phi) is 9.46. The highest BCUT2D eigenvalue weighted by atomic mass is 19.3. The standard InChI is InChI=1S/C29H22F4N4O6/c1-15(41-29(35)39)25-24(26(38)36-21(13-34)19-9-8-18(30)12-20(19)31)37-27(43-25)17-7-10-22(42-28(32)33)23(11-17)40-14-16-5-3-2-4-6-16/h2-12,15,21,28H,14H2,1H3,(H2,35,39)(H,36,38). The molecule has 0 spiro atoms. The number of carbonyl (C=O) groups is 2.